The average Bonchev–Trinajstić information content (AvgIpc) is 2.85. The van der Waals surface area contributed by atoms with Gasteiger partial charge in [0.25, 0.3) is 0 Å². The fraction of sp³-hybridized carbons (Fsp3) is 0.400. The smallest absolute Gasteiger partial charge is 0.138 e. The van der Waals surface area contributed by atoms with Crippen molar-refractivity contribution >= 4 is 27.4 Å². The number of fused-ring (bicyclic) bond motifs is 1. The number of anilines is 1. The summed E-state index contributed by atoms with van der Waals surface area (Å²) in [5.41, 5.74) is -1.18. The van der Waals surface area contributed by atoms with Gasteiger partial charge >= 0.3 is 0 Å². The Labute approximate surface area is 102 Å². The van der Waals surface area contributed by atoms with Crippen molar-refractivity contribution in [2.24, 2.45) is 0 Å². The number of aromatic nitrogens is 2. The molecule has 0 radical (unpaired) electrons. The predicted octanol–water partition coefficient (Wildman–Crippen LogP) is -0.181. The molecule has 0 unspecified atom stereocenters. The molecule has 0 fully saturated rings. The third kappa shape index (κ3) is 2.22. The molecular weight excluding hydrogens is 242 g/mol. The molecule has 2 heterocycles. The summed E-state index contributed by atoms with van der Waals surface area (Å²) < 4.78 is 0. The van der Waals surface area contributed by atoms with Gasteiger partial charge in [-0.2, -0.15) is 0 Å². The summed E-state index contributed by atoms with van der Waals surface area (Å²) in [6.07, 6.45) is 1.40. The molecule has 4 N–H and O–H groups in total. The van der Waals surface area contributed by atoms with Crippen molar-refractivity contribution in [2.45, 2.75) is 5.54 Å². The Morgan fingerprint density at radius 2 is 1.88 bits per heavy atom. The predicted molar refractivity (Wildman–Crippen MR) is 65.0 cm³/mol. The van der Waals surface area contributed by atoms with Gasteiger partial charge in [0.15, 0.2) is 0 Å². The van der Waals surface area contributed by atoms with Gasteiger partial charge < -0.3 is 20.6 Å². The second-order valence-corrected chi connectivity index (χ2v) is 4.64. The Hall–Kier alpha value is -1.28. The molecule has 0 aliphatic rings. The Morgan fingerprint density at radius 1 is 1.18 bits per heavy atom. The molecule has 2 aromatic heterocycles. The molecule has 0 saturated heterocycles. The summed E-state index contributed by atoms with van der Waals surface area (Å²) in [6, 6.07) is 1.85. The highest BCUT2D eigenvalue weighted by Crippen LogP contribution is 2.25. The third-order valence-electron chi connectivity index (χ3n) is 2.55. The Bertz CT molecular complexity index is 490. The summed E-state index contributed by atoms with van der Waals surface area (Å²) in [5, 5.41) is 33.3. The van der Waals surface area contributed by atoms with Crippen LogP contribution < -0.4 is 5.32 Å². The van der Waals surface area contributed by atoms with Crippen LogP contribution in [0.5, 0.6) is 0 Å². The van der Waals surface area contributed by atoms with Gasteiger partial charge in [-0.05, 0) is 11.4 Å². The van der Waals surface area contributed by atoms with Crippen LogP contribution in [0.2, 0.25) is 0 Å². The first-order valence-corrected chi connectivity index (χ1v) is 5.91. The molecule has 17 heavy (non-hydrogen) atoms. The molecular formula is C10H13N3O3S. The van der Waals surface area contributed by atoms with Crippen LogP contribution >= 0.6 is 11.3 Å². The largest absolute Gasteiger partial charge is 0.394 e. The molecule has 6 nitrogen and oxygen atoms in total. The average molecular weight is 255 g/mol. The molecule has 2 aromatic rings. The first-order chi connectivity index (χ1) is 8.24. The van der Waals surface area contributed by atoms with E-state index in [0.29, 0.717) is 5.82 Å². The van der Waals surface area contributed by atoms with Crippen molar-refractivity contribution in [1.29, 1.82) is 0 Å². The van der Waals surface area contributed by atoms with Crippen molar-refractivity contribution in [1.82, 2.24) is 9.97 Å². The Kier molecular flexibility index (Phi) is 3.53. The molecule has 0 bridgehead atoms. The highest BCUT2D eigenvalue weighted by atomic mass is 32.1. The maximum atomic E-state index is 9.24. The maximum Gasteiger partial charge on any atom is 0.138 e. The number of rotatable bonds is 5. The van der Waals surface area contributed by atoms with Crippen molar-refractivity contribution in [3.8, 4) is 0 Å². The molecule has 92 valence electrons. The quantitative estimate of drug-likeness (QED) is 0.591. The number of hydrogen-bond donors (Lipinski definition) is 4. The van der Waals surface area contributed by atoms with E-state index in [2.05, 4.69) is 15.3 Å². The lowest BCUT2D eigenvalue weighted by Gasteiger charge is -2.29. The van der Waals surface area contributed by atoms with Crippen molar-refractivity contribution in [3.05, 3.63) is 17.8 Å². The van der Waals surface area contributed by atoms with E-state index in [9.17, 15) is 15.3 Å². The first-order valence-electron chi connectivity index (χ1n) is 5.03. The number of hydrogen-bond acceptors (Lipinski definition) is 7. The molecule has 0 spiro atoms. The monoisotopic (exact) mass is 255 g/mol. The van der Waals surface area contributed by atoms with Gasteiger partial charge in [0.2, 0.25) is 0 Å². The number of aliphatic hydroxyl groups excluding tert-OH is 3. The molecule has 0 saturated carbocycles. The highest BCUT2D eigenvalue weighted by molar-refractivity contribution is 7.16. The first kappa shape index (κ1) is 12.2. The molecule has 0 aliphatic carbocycles. The summed E-state index contributed by atoms with van der Waals surface area (Å²) in [6.45, 7) is -1.18. The van der Waals surface area contributed by atoms with E-state index in [1.54, 1.807) is 0 Å². The second-order valence-electron chi connectivity index (χ2n) is 3.74. The van der Waals surface area contributed by atoms with Crippen LogP contribution in [-0.4, -0.2) is 50.6 Å². The summed E-state index contributed by atoms with van der Waals surface area (Å²) >= 11 is 1.47. The normalized spacial score (nSPS) is 11.9. The van der Waals surface area contributed by atoms with Crippen LogP contribution in [0.1, 0.15) is 0 Å². The zero-order valence-corrected chi connectivity index (χ0v) is 9.81. The Morgan fingerprint density at radius 3 is 2.53 bits per heavy atom. The maximum absolute atomic E-state index is 9.24. The molecule has 7 heteroatoms. The summed E-state index contributed by atoms with van der Waals surface area (Å²) in [7, 11) is 0. The lowest BCUT2D eigenvalue weighted by Crippen LogP contribution is -2.49. The summed E-state index contributed by atoms with van der Waals surface area (Å²) in [4.78, 5) is 8.96. The van der Waals surface area contributed by atoms with Gasteiger partial charge in [0.1, 0.15) is 22.5 Å². The minimum atomic E-state index is -1.18. The number of thiophene rings is 1. The van der Waals surface area contributed by atoms with Gasteiger partial charge in [-0.3, -0.25) is 0 Å². The molecule has 0 aliphatic heterocycles. The molecule has 0 atom stereocenters. The zero-order chi connectivity index (χ0) is 12.3. The summed E-state index contributed by atoms with van der Waals surface area (Å²) in [5.74, 6) is 0.494. The van der Waals surface area contributed by atoms with Crippen LogP contribution in [0.15, 0.2) is 17.8 Å². The van der Waals surface area contributed by atoms with E-state index in [1.165, 1.54) is 17.7 Å². The van der Waals surface area contributed by atoms with Crippen molar-refractivity contribution in [3.63, 3.8) is 0 Å². The highest BCUT2D eigenvalue weighted by Gasteiger charge is 2.28. The van der Waals surface area contributed by atoms with Gasteiger partial charge in [-0.1, -0.05) is 0 Å². The standard InChI is InChI=1S/C10H13N3O3S/c14-3-10(4-15,5-16)13-8-7-1-2-17-9(7)12-6-11-8/h1-2,6,14-16H,3-5H2,(H,11,12,13). The van der Waals surface area contributed by atoms with Crippen molar-refractivity contribution < 1.29 is 15.3 Å². The fourth-order valence-electron chi connectivity index (χ4n) is 1.41. The molecule has 0 amide bonds. The fourth-order valence-corrected chi connectivity index (χ4v) is 2.14. The lowest BCUT2D eigenvalue weighted by atomic mass is 10.0. The van der Waals surface area contributed by atoms with Crippen LogP contribution in [0.3, 0.4) is 0 Å². The van der Waals surface area contributed by atoms with Crippen LogP contribution in [0.25, 0.3) is 10.2 Å². The third-order valence-corrected chi connectivity index (χ3v) is 3.37. The molecule has 2 rings (SSSR count). The zero-order valence-electron chi connectivity index (χ0n) is 9.00. The number of nitrogens with zero attached hydrogens (tertiary/aromatic N) is 2. The van der Waals surface area contributed by atoms with E-state index in [4.69, 9.17) is 0 Å². The molecule has 0 aromatic carbocycles. The Balaban J connectivity index is 2.37. The van der Waals surface area contributed by atoms with E-state index >= 15 is 0 Å². The van der Waals surface area contributed by atoms with Gasteiger partial charge in [0.05, 0.1) is 25.2 Å². The van der Waals surface area contributed by atoms with E-state index in [1.807, 2.05) is 11.4 Å². The van der Waals surface area contributed by atoms with Crippen LogP contribution in [0.4, 0.5) is 5.82 Å². The minimum Gasteiger partial charge on any atom is -0.394 e. The van der Waals surface area contributed by atoms with E-state index < -0.39 is 25.4 Å². The van der Waals surface area contributed by atoms with Crippen LogP contribution in [0, 0.1) is 0 Å². The van der Waals surface area contributed by atoms with Gasteiger partial charge in [-0.25, -0.2) is 9.97 Å². The number of nitrogens with one attached hydrogen (secondary N) is 1. The second kappa shape index (κ2) is 4.92. The SMILES string of the molecule is OCC(CO)(CO)Nc1ncnc2sccc12. The van der Waals surface area contributed by atoms with Gasteiger partial charge in [0, 0.05) is 0 Å². The van der Waals surface area contributed by atoms with Crippen LogP contribution in [-0.2, 0) is 0 Å². The minimum absolute atomic E-state index is 0.393. The van der Waals surface area contributed by atoms with Gasteiger partial charge in [-0.15, -0.1) is 11.3 Å². The number of aliphatic hydroxyl groups is 3. The van der Waals surface area contributed by atoms with E-state index in [0.717, 1.165) is 10.2 Å². The topological polar surface area (TPSA) is 98.5 Å². The lowest BCUT2D eigenvalue weighted by molar-refractivity contribution is 0.0832. The van der Waals surface area contributed by atoms with Crippen molar-refractivity contribution in [2.75, 3.05) is 25.1 Å². The van der Waals surface area contributed by atoms with E-state index in [-0.39, 0.29) is 0 Å².